The molecule has 15 heavy (non-hydrogen) atoms. The summed E-state index contributed by atoms with van der Waals surface area (Å²) >= 11 is 6.68. The van der Waals surface area contributed by atoms with E-state index in [-0.39, 0.29) is 0 Å². The molecule has 0 aliphatic heterocycles. The van der Waals surface area contributed by atoms with E-state index in [2.05, 4.69) is 38.4 Å². The lowest BCUT2D eigenvalue weighted by molar-refractivity contribution is -0.130. The molecule has 0 bridgehead atoms. The van der Waals surface area contributed by atoms with Crippen molar-refractivity contribution in [3.63, 3.8) is 0 Å². The highest BCUT2D eigenvalue weighted by atomic mass is 79.9. The number of esters is 1. The molecule has 0 spiro atoms. The van der Waals surface area contributed by atoms with Gasteiger partial charge in [-0.1, -0.05) is 24.2 Å². The van der Waals surface area contributed by atoms with Gasteiger partial charge in [-0.15, -0.1) is 0 Å². The highest BCUT2D eigenvalue weighted by Crippen LogP contribution is 2.32. The maximum Gasteiger partial charge on any atom is 0.338 e. The van der Waals surface area contributed by atoms with Gasteiger partial charge in [0.25, 0.3) is 0 Å². The van der Waals surface area contributed by atoms with Gasteiger partial charge >= 0.3 is 5.97 Å². The minimum atomic E-state index is -0.430. The molecule has 0 radical (unpaired) electrons. The molecule has 0 atom stereocenters. The van der Waals surface area contributed by atoms with Crippen molar-refractivity contribution in [3.05, 3.63) is 33.2 Å². The summed E-state index contributed by atoms with van der Waals surface area (Å²) in [6.45, 7) is 5.13. The van der Waals surface area contributed by atoms with Crippen molar-refractivity contribution >= 4 is 51.1 Å². The summed E-state index contributed by atoms with van der Waals surface area (Å²) in [6, 6.07) is 3.76. The van der Waals surface area contributed by atoms with Crippen LogP contribution >= 0.6 is 31.9 Å². The van der Waals surface area contributed by atoms with Crippen molar-refractivity contribution in [2.75, 3.05) is 0 Å². The Bertz CT molecular complexity index is 406. The van der Waals surface area contributed by atoms with Crippen LogP contribution in [0.4, 0.5) is 0 Å². The van der Waals surface area contributed by atoms with E-state index in [1.54, 1.807) is 6.92 Å². The summed E-state index contributed by atoms with van der Waals surface area (Å²) in [6.07, 6.45) is 0. The molecular formula is C10H9BBr2O2. The summed E-state index contributed by atoms with van der Waals surface area (Å²) < 4.78 is 6.64. The van der Waals surface area contributed by atoms with Crippen LogP contribution in [-0.2, 0) is 4.79 Å². The summed E-state index contributed by atoms with van der Waals surface area (Å²) in [5.41, 5.74) is 1.44. The molecule has 0 aliphatic carbocycles. The Kier molecular flexibility index (Phi) is 4.17. The molecule has 1 rings (SSSR count). The molecule has 78 valence electrons. The molecule has 0 saturated heterocycles. The molecule has 0 aliphatic rings. The normalized spacial score (nSPS) is 9.80. The topological polar surface area (TPSA) is 26.3 Å². The minimum Gasteiger partial charge on any atom is -0.421 e. The van der Waals surface area contributed by atoms with Crippen LogP contribution in [0.3, 0.4) is 0 Å². The Hall–Kier alpha value is -0.545. The van der Waals surface area contributed by atoms with Gasteiger partial charge in [0.15, 0.2) is 5.75 Å². The van der Waals surface area contributed by atoms with Crippen LogP contribution in [0.5, 0.6) is 5.75 Å². The lowest BCUT2D eigenvalue weighted by Crippen LogP contribution is -2.11. The van der Waals surface area contributed by atoms with Gasteiger partial charge in [0.1, 0.15) is 7.85 Å². The first kappa shape index (κ1) is 12.5. The summed E-state index contributed by atoms with van der Waals surface area (Å²) in [5, 5.41) is 0. The first-order valence-corrected chi connectivity index (χ1v) is 5.83. The summed E-state index contributed by atoms with van der Waals surface area (Å²) in [7, 11) is 1.96. The van der Waals surface area contributed by atoms with E-state index >= 15 is 0 Å². The van der Waals surface area contributed by atoms with Gasteiger partial charge in [-0.05, 0) is 38.8 Å². The van der Waals surface area contributed by atoms with Crippen molar-refractivity contribution in [1.82, 2.24) is 0 Å². The predicted molar refractivity (Wildman–Crippen MR) is 70.5 cm³/mol. The van der Waals surface area contributed by atoms with E-state index < -0.39 is 5.97 Å². The minimum absolute atomic E-state index is 0.370. The second kappa shape index (κ2) is 4.99. The number of hydrogen-bond acceptors (Lipinski definition) is 2. The van der Waals surface area contributed by atoms with Gasteiger partial charge in [0, 0.05) is 5.57 Å². The van der Waals surface area contributed by atoms with Gasteiger partial charge in [-0.25, -0.2) is 4.79 Å². The smallest absolute Gasteiger partial charge is 0.338 e. The van der Waals surface area contributed by atoms with Gasteiger partial charge in [-0.3, -0.25) is 0 Å². The van der Waals surface area contributed by atoms with Crippen LogP contribution in [0, 0.1) is 0 Å². The maximum absolute atomic E-state index is 11.3. The van der Waals surface area contributed by atoms with Crippen LogP contribution in [0.1, 0.15) is 6.92 Å². The molecule has 0 heterocycles. The number of hydrogen-bond donors (Lipinski definition) is 0. The fraction of sp³-hybridized carbons (Fsp3) is 0.100. The van der Waals surface area contributed by atoms with Gasteiger partial charge in [0.05, 0.1) is 8.95 Å². The van der Waals surface area contributed by atoms with E-state index in [9.17, 15) is 4.79 Å². The largest absolute Gasteiger partial charge is 0.421 e. The van der Waals surface area contributed by atoms with Crippen molar-refractivity contribution in [3.8, 4) is 5.75 Å². The van der Waals surface area contributed by atoms with Gasteiger partial charge < -0.3 is 4.74 Å². The molecular weight excluding hydrogens is 323 g/mol. The second-order valence-corrected chi connectivity index (χ2v) is 4.94. The Balaban J connectivity index is 3.05. The zero-order valence-electron chi connectivity index (χ0n) is 8.43. The van der Waals surface area contributed by atoms with Gasteiger partial charge in [0.2, 0.25) is 0 Å². The number of ether oxygens (including phenoxy) is 1. The fourth-order valence-electron chi connectivity index (χ4n) is 0.964. The Morgan fingerprint density at radius 1 is 1.40 bits per heavy atom. The predicted octanol–water partition coefficient (Wildman–Crippen LogP) is 1.95. The van der Waals surface area contributed by atoms with Crippen molar-refractivity contribution < 1.29 is 9.53 Å². The van der Waals surface area contributed by atoms with Crippen molar-refractivity contribution in [2.45, 2.75) is 6.92 Å². The SMILES string of the molecule is Bc1cc(Br)c(OC(=O)C(=C)C)c(Br)c1. The van der Waals surface area contributed by atoms with E-state index in [0.29, 0.717) is 11.3 Å². The highest BCUT2D eigenvalue weighted by molar-refractivity contribution is 9.11. The first-order chi connectivity index (χ1) is 6.91. The van der Waals surface area contributed by atoms with E-state index in [0.717, 1.165) is 14.4 Å². The van der Waals surface area contributed by atoms with E-state index in [1.165, 1.54) is 0 Å². The highest BCUT2D eigenvalue weighted by Gasteiger charge is 2.12. The van der Waals surface area contributed by atoms with E-state index in [4.69, 9.17) is 4.74 Å². The third-order valence-electron chi connectivity index (χ3n) is 1.69. The average molecular weight is 332 g/mol. The molecule has 0 aromatic heterocycles. The second-order valence-electron chi connectivity index (χ2n) is 3.23. The Morgan fingerprint density at radius 3 is 2.27 bits per heavy atom. The number of rotatable bonds is 2. The molecule has 0 amide bonds. The third kappa shape index (κ3) is 3.21. The molecule has 0 N–H and O–H groups in total. The lowest BCUT2D eigenvalue weighted by atomic mass is 9.97. The molecule has 1 aromatic carbocycles. The number of halogens is 2. The molecule has 1 aromatic rings. The zero-order valence-corrected chi connectivity index (χ0v) is 11.6. The number of carbonyl (C=O) groups excluding carboxylic acids is 1. The number of benzene rings is 1. The maximum atomic E-state index is 11.3. The molecule has 5 heteroatoms. The van der Waals surface area contributed by atoms with Crippen LogP contribution in [0.15, 0.2) is 33.2 Å². The Morgan fingerprint density at radius 2 is 1.87 bits per heavy atom. The quantitative estimate of drug-likeness (QED) is 0.358. The standard InChI is InChI=1S/C10H9BBr2O2/c1-5(2)10(14)15-9-7(12)3-6(11)4-8(9)13/h3-4H,1,11H2,2H3. The average Bonchev–Trinajstić information content (AvgIpc) is 2.10. The van der Waals surface area contributed by atoms with Crippen LogP contribution in [0.25, 0.3) is 0 Å². The monoisotopic (exact) mass is 330 g/mol. The van der Waals surface area contributed by atoms with Crippen molar-refractivity contribution in [2.24, 2.45) is 0 Å². The van der Waals surface area contributed by atoms with Crippen molar-refractivity contribution in [1.29, 1.82) is 0 Å². The molecule has 0 unspecified atom stereocenters. The fourth-order valence-corrected chi connectivity index (χ4v) is 2.54. The third-order valence-corrected chi connectivity index (χ3v) is 2.86. The summed E-state index contributed by atoms with van der Waals surface area (Å²) in [5.74, 6) is 0.0499. The zero-order chi connectivity index (χ0) is 11.6. The van der Waals surface area contributed by atoms with Crippen LogP contribution in [-0.4, -0.2) is 13.8 Å². The first-order valence-electron chi connectivity index (χ1n) is 4.25. The lowest BCUT2D eigenvalue weighted by Gasteiger charge is -2.09. The molecule has 0 fully saturated rings. The summed E-state index contributed by atoms with van der Waals surface area (Å²) in [4.78, 5) is 11.3. The molecule has 2 nitrogen and oxygen atoms in total. The van der Waals surface area contributed by atoms with Crippen LogP contribution < -0.4 is 10.2 Å². The number of carbonyl (C=O) groups is 1. The van der Waals surface area contributed by atoms with Crippen LogP contribution in [0.2, 0.25) is 0 Å². The van der Waals surface area contributed by atoms with E-state index in [1.807, 2.05) is 20.0 Å². The molecule has 0 saturated carbocycles. The van der Waals surface area contributed by atoms with Gasteiger partial charge in [-0.2, -0.15) is 0 Å². The Labute approximate surface area is 106 Å².